The van der Waals surface area contributed by atoms with Crippen LogP contribution in [0.15, 0.2) is 42.5 Å². The van der Waals surface area contributed by atoms with Crippen molar-refractivity contribution in [2.24, 2.45) is 5.92 Å². The van der Waals surface area contributed by atoms with Crippen LogP contribution >= 0.6 is 11.6 Å². The Labute approximate surface area is 145 Å². The van der Waals surface area contributed by atoms with E-state index in [-0.39, 0.29) is 17.9 Å². The van der Waals surface area contributed by atoms with E-state index in [1.54, 1.807) is 0 Å². The van der Waals surface area contributed by atoms with E-state index in [0.717, 1.165) is 42.1 Å². The Balaban J connectivity index is 1.92. The van der Waals surface area contributed by atoms with Gasteiger partial charge in [-0.15, -0.1) is 0 Å². The summed E-state index contributed by atoms with van der Waals surface area (Å²) in [5.74, 6) is 1.15. The molecular weight excluding hydrogens is 326 g/mol. The van der Waals surface area contributed by atoms with E-state index in [2.05, 4.69) is 4.90 Å². The van der Waals surface area contributed by atoms with Crippen LogP contribution in [0.1, 0.15) is 24.4 Å². The number of para-hydroxylation sites is 1. The van der Waals surface area contributed by atoms with Gasteiger partial charge in [0.15, 0.2) is 5.75 Å². The van der Waals surface area contributed by atoms with Crippen LogP contribution in [0.5, 0.6) is 11.5 Å². The van der Waals surface area contributed by atoms with Gasteiger partial charge in [0.2, 0.25) is 0 Å². The van der Waals surface area contributed by atoms with Crippen molar-refractivity contribution in [3.05, 3.63) is 53.1 Å². The molecule has 5 heteroatoms. The summed E-state index contributed by atoms with van der Waals surface area (Å²) in [6, 6.07) is 13.4. The molecule has 4 nitrogen and oxygen atoms in total. The molecule has 0 aliphatic carbocycles. The van der Waals surface area contributed by atoms with Gasteiger partial charge in [-0.05, 0) is 37.1 Å². The van der Waals surface area contributed by atoms with Crippen molar-refractivity contribution in [2.45, 2.75) is 18.9 Å². The van der Waals surface area contributed by atoms with Crippen LogP contribution in [-0.2, 0) is 9.53 Å². The van der Waals surface area contributed by atoms with Crippen molar-refractivity contribution in [1.82, 2.24) is 0 Å². The first kappa shape index (κ1) is 15.3. The lowest BCUT2D eigenvalue weighted by Crippen LogP contribution is -2.42. The molecule has 1 fully saturated rings. The van der Waals surface area contributed by atoms with Crippen molar-refractivity contribution in [1.29, 1.82) is 0 Å². The third-order valence-electron chi connectivity index (χ3n) is 4.82. The minimum Gasteiger partial charge on any atom is -0.469 e. The number of fused-ring (bicyclic) bond motifs is 5. The maximum atomic E-state index is 12.4. The SMILES string of the molecule is COC(=O)[C@@H]1CCCN2c3cc(Cl)ccc3Oc3ccccc3[C@@H]12. The summed E-state index contributed by atoms with van der Waals surface area (Å²) in [6.07, 6.45) is 1.72. The number of esters is 1. The fourth-order valence-corrected chi connectivity index (χ4v) is 3.95. The fourth-order valence-electron chi connectivity index (χ4n) is 3.79. The number of anilines is 1. The maximum Gasteiger partial charge on any atom is 0.311 e. The Morgan fingerprint density at radius 1 is 1.25 bits per heavy atom. The summed E-state index contributed by atoms with van der Waals surface area (Å²) in [5, 5.41) is 0.655. The van der Waals surface area contributed by atoms with Crippen LogP contribution in [0.2, 0.25) is 5.02 Å². The number of hydrogen-bond acceptors (Lipinski definition) is 4. The number of nitrogens with zero attached hydrogens (tertiary/aromatic N) is 1. The smallest absolute Gasteiger partial charge is 0.311 e. The molecule has 24 heavy (non-hydrogen) atoms. The largest absolute Gasteiger partial charge is 0.469 e. The second kappa shape index (κ2) is 6.02. The first-order valence-electron chi connectivity index (χ1n) is 8.10. The first-order valence-corrected chi connectivity index (χ1v) is 8.47. The molecule has 2 aromatic carbocycles. The topological polar surface area (TPSA) is 38.8 Å². The number of carbonyl (C=O) groups is 1. The Bertz CT molecular complexity index is 792. The molecule has 2 aliphatic heterocycles. The van der Waals surface area contributed by atoms with Crippen LogP contribution in [0.4, 0.5) is 5.69 Å². The minimum absolute atomic E-state index is 0.109. The van der Waals surface area contributed by atoms with E-state index in [9.17, 15) is 4.79 Å². The number of hydrogen-bond donors (Lipinski definition) is 0. The molecule has 0 bridgehead atoms. The van der Waals surface area contributed by atoms with E-state index in [0.29, 0.717) is 5.02 Å². The third-order valence-corrected chi connectivity index (χ3v) is 5.06. The summed E-state index contributed by atoms with van der Waals surface area (Å²) < 4.78 is 11.2. The van der Waals surface area contributed by atoms with Crippen LogP contribution in [-0.4, -0.2) is 19.6 Å². The molecule has 0 radical (unpaired) electrons. The molecule has 0 saturated carbocycles. The number of piperidine rings is 1. The number of ether oxygens (including phenoxy) is 2. The van der Waals surface area contributed by atoms with Gasteiger partial charge in [0.05, 0.1) is 24.8 Å². The first-order chi connectivity index (χ1) is 11.7. The van der Waals surface area contributed by atoms with Gasteiger partial charge in [-0.1, -0.05) is 29.8 Å². The normalized spacial score (nSPS) is 21.7. The van der Waals surface area contributed by atoms with Gasteiger partial charge in [0, 0.05) is 17.1 Å². The molecule has 1 saturated heterocycles. The minimum atomic E-state index is -0.224. The zero-order chi connectivity index (χ0) is 16.7. The average Bonchev–Trinajstić information content (AvgIpc) is 2.75. The number of halogens is 1. The number of benzene rings is 2. The highest BCUT2D eigenvalue weighted by atomic mass is 35.5. The Morgan fingerprint density at radius 2 is 2.08 bits per heavy atom. The van der Waals surface area contributed by atoms with Crippen LogP contribution in [0.25, 0.3) is 0 Å². The number of methoxy groups -OCH3 is 1. The van der Waals surface area contributed by atoms with Crippen molar-refractivity contribution in [2.75, 3.05) is 18.6 Å². The van der Waals surface area contributed by atoms with Crippen LogP contribution < -0.4 is 9.64 Å². The lowest BCUT2D eigenvalue weighted by molar-refractivity contribution is -0.147. The summed E-state index contributed by atoms with van der Waals surface area (Å²) in [6.45, 7) is 0.850. The van der Waals surface area contributed by atoms with Gasteiger partial charge < -0.3 is 14.4 Å². The second-order valence-corrected chi connectivity index (χ2v) is 6.60. The van der Waals surface area contributed by atoms with E-state index in [1.807, 2.05) is 42.5 Å². The van der Waals surface area contributed by atoms with Gasteiger partial charge in [-0.2, -0.15) is 0 Å². The molecule has 0 unspecified atom stereocenters. The van der Waals surface area contributed by atoms with Gasteiger partial charge >= 0.3 is 5.97 Å². The molecule has 4 rings (SSSR count). The third kappa shape index (κ3) is 2.42. The summed E-state index contributed by atoms with van der Waals surface area (Å²) >= 11 is 6.22. The Morgan fingerprint density at radius 3 is 2.92 bits per heavy atom. The van der Waals surface area contributed by atoms with E-state index >= 15 is 0 Å². The standard InChI is InChI=1S/C19H18ClNO3/c1-23-19(22)14-6-4-10-21-15-11-12(20)8-9-17(15)24-16-7-3-2-5-13(16)18(14)21/h2-3,5,7-9,11,14,18H,4,6,10H2,1H3/t14-,18+/m1/s1. The van der Waals surface area contributed by atoms with Gasteiger partial charge in [0.1, 0.15) is 5.75 Å². The lowest BCUT2D eigenvalue weighted by atomic mass is 9.84. The van der Waals surface area contributed by atoms with E-state index < -0.39 is 0 Å². The molecule has 0 N–H and O–H groups in total. The number of rotatable bonds is 1. The highest BCUT2D eigenvalue weighted by Gasteiger charge is 2.41. The molecule has 2 atom stereocenters. The zero-order valence-electron chi connectivity index (χ0n) is 13.4. The van der Waals surface area contributed by atoms with Crippen molar-refractivity contribution in [3.8, 4) is 11.5 Å². The highest BCUT2D eigenvalue weighted by Crippen LogP contribution is 2.50. The van der Waals surface area contributed by atoms with Gasteiger partial charge in [-0.3, -0.25) is 4.79 Å². The molecule has 124 valence electrons. The van der Waals surface area contributed by atoms with Gasteiger partial charge in [-0.25, -0.2) is 0 Å². The molecule has 0 spiro atoms. The second-order valence-electron chi connectivity index (χ2n) is 6.16. The Kier molecular flexibility index (Phi) is 3.85. The molecule has 2 heterocycles. The van der Waals surface area contributed by atoms with Crippen LogP contribution in [0, 0.1) is 5.92 Å². The molecule has 0 aromatic heterocycles. The average molecular weight is 344 g/mol. The van der Waals surface area contributed by atoms with Crippen molar-refractivity contribution >= 4 is 23.3 Å². The molecule has 0 amide bonds. The summed E-state index contributed by atoms with van der Waals surface area (Å²) in [5.41, 5.74) is 1.94. The summed E-state index contributed by atoms with van der Waals surface area (Å²) in [4.78, 5) is 14.6. The monoisotopic (exact) mass is 343 g/mol. The fraction of sp³-hybridized carbons (Fsp3) is 0.316. The highest BCUT2D eigenvalue weighted by molar-refractivity contribution is 6.31. The predicted molar refractivity (Wildman–Crippen MR) is 92.8 cm³/mol. The molecular formula is C19H18ClNO3. The maximum absolute atomic E-state index is 12.4. The Hall–Kier alpha value is -2.20. The van der Waals surface area contributed by atoms with Crippen molar-refractivity contribution in [3.63, 3.8) is 0 Å². The van der Waals surface area contributed by atoms with Crippen LogP contribution in [0.3, 0.4) is 0 Å². The number of carbonyl (C=O) groups excluding carboxylic acids is 1. The molecule has 2 aliphatic rings. The van der Waals surface area contributed by atoms with E-state index in [4.69, 9.17) is 21.1 Å². The predicted octanol–water partition coefficient (Wildman–Crippen LogP) is 4.58. The molecule has 2 aromatic rings. The summed E-state index contributed by atoms with van der Waals surface area (Å²) in [7, 11) is 1.45. The van der Waals surface area contributed by atoms with E-state index in [1.165, 1.54) is 7.11 Å². The van der Waals surface area contributed by atoms with Gasteiger partial charge in [0.25, 0.3) is 0 Å². The zero-order valence-corrected chi connectivity index (χ0v) is 14.1. The quantitative estimate of drug-likeness (QED) is 0.711. The lowest BCUT2D eigenvalue weighted by Gasteiger charge is -2.40. The van der Waals surface area contributed by atoms with Crippen molar-refractivity contribution < 1.29 is 14.3 Å².